The van der Waals surface area contributed by atoms with Gasteiger partial charge in [-0.1, -0.05) is 158 Å². The van der Waals surface area contributed by atoms with Crippen molar-refractivity contribution in [3.63, 3.8) is 0 Å². The van der Waals surface area contributed by atoms with Gasteiger partial charge in [0.25, 0.3) is 0 Å². The first-order valence-electron chi connectivity index (χ1n) is 22.2. The summed E-state index contributed by atoms with van der Waals surface area (Å²) >= 11 is 0. The minimum absolute atomic E-state index is 0.240. The number of hydrogen-bond donors (Lipinski definition) is 6. The number of benzene rings is 1. The normalized spacial score (nSPS) is 21.5. The van der Waals surface area contributed by atoms with Crippen LogP contribution in [-0.4, -0.2) is 115 Å². The first-order chi connectivity index (χ1) is 27.8. The lowest BCUT2D eigenvalue weighted by molar-refractivity contribution is -0.304. The van der Waals surface area contributed by atoms with Crippen molar-refractivity contribution in [2.45, 2.75) is 204 Å². The van der Waals surface area contributed by atoms with E-state index >= 15 is 0 Å². The molecule has 2 aromatic rings. The van der Waals surface area contributed by atoms with Gasteiger partial charge >= 0.3 is 0 Å². The highest BCUT2D eigenvalue weighted by Crippen LogP contribution is 2.25. The molecule has 0 saturated carbocycles. The van der Waals surface area contributed by atoms with Crippen LogP contribution in [0.25, 0.3) is 0 Å². The number of hydrogen-bond acceptors (Lipinski definition) is 12. The van der Waals surface area contributed by atoms with E-state index in [9.17, 15) is 30.6 Å². The van der Waals surface area contributed by atoms with Crippen LogP contribution in [0.15, 0.2) is 36.5 Å². The van der Waals surface area contributed by atoms with Crippen LogP contribution in [0.1, 0.15) is 159 Å². The fourth-order valence-electron chi connectivity index (χ4n) is 7.30. The van der Waals surface area contributed by atoms with Crippen molar-refractivity contribution in [3.05, 3.63) is 47.8 Å². The molecular formula is C44H77N3O10. The van der Waals surface area contributed by atoms with Gasteiger partial charge in [-0.15, -0.1) is 5.10 Å². The number of aliphatic hydroxyl groups excluding tert-OH is 6. The molecule has 13 nitrogen and oxygen atoms in total. The van der Waals surface area contributed by atoms with Gasteiger partial charge in [0.15, 0.2) is 6.29 Å². The zero-order valence-electron chi connectivity index (χ0n) is 34.8. The summed E-state index contributed by atoms with van der Waals surface area (Å²) in [7, 11) is 0. The average molecular weight is 808 g/mol. The molecular weight excluding hydrogens is 730 g/mol. The second kappa shape index (κ2) is 30.9. The number of nitrogens with zero attached hydrogens (tertiary/aromatic N) is 3. The van der Waals surface area contributed by atoms with Crippen LogP contribution in [0.3, 0.4) is 0 Å². The molecule has 1 fully saturated rings. The van der Waals surface area contributed by atoms with Crippen LogP contribution >= 0.6 is 0 Å². The zero-order valence-corrected chi connectivity index (χ0v) is 34.8. The summed E-state index contributed by atoms with van der Waals surface area (Å²) in [6.07, 6.45) is 15.9. The summed E-state index contributed by atoms with van der Waals surface area (Å²) in [5.74, 6) is 0. The quantitative estimate of drug-likeness (QED) is 0.0427. The van der Waals surface area contributed by atoms with Crippen LogP contribution in [0.4, 0.5) is 0 Å². The predicted molar refractivity (Wildman–Crippen MR) is 219 cm³/mol. The van der Waals surface area contributed by atoms with E-state index < -0.39 is 55.6 Å². The van der Waals surface area contributed by atoms with Gasteiger partial charge in [-0.3, -0.25) is 0 Å². The minimum Gasteiger partial charge on any atom is -0.394 e. The molecule has 1 aromatic heterocycles. The van der Waals surface area contributed by atoms with Crippen LogP contribution in [0, 0.1) is 0 Å². The van der Waals surface area contributed by atoms with E-state index in [4.69, 9.17) is 18.9 Å². The van der Waals surface area contributed by atoms with E-state index in [1.54, 1.807) is 6.20 Å². The Kier molecular flexibility index (Phi) is 26.8. The largest absolute Gasteiger partial charge is 0.394 e. The van der Waals surface area contributed by atoms with Crippen molar-refractivity contribution in [1.82, 2.24) is 15.0 Å². The van der Waals surface area contributed by atoms with Crippen LogP contribution in [0.2, 0.25) is 0 Å². The van der Waals surface area contributed by atoms with E-state index in [0.717, 1.165) is 45.1 Å². The molecule has 0 aliphatic carbocycles. The lowest BCUT2D eigenvalue weighted by Gasteiger charge is -2.40. The van der Waals surface area contributed by atoms with Crippen molar-refractivity contribution < 1.29 is 49.6 Å². The van der Waals surface area contributed by atoms with Gasteiger partial charge < -0.3 is 49.6 Å². The minimum atomic E-state index is -1.60. The highest BCUT2D eigenvalue weighted by Gasteiger charge is 2.44. The van der Waals surface area contributed by atoms with E-state index in [2.05, 4.69) is 29.4 Å². The SMILES string of the molecule is CCCCCCCCCCCCCC[C@@H](O)[C@@H](O)[C@H](CO[C@H]1O[C@H](CO)[C@H](O)[C@H](O)[C@H]1O)n1cc(COCCCCCCCCCCOCc2ccccc2)nn1. The third-order valence-electron chi connectivity index (χ3n) is 11.0. The van der Waals surface area contributed by atoms with E-state index in [-0.39, 0.29) is 13.2 Å². The lowest BCUT2D eigenvalue weighted by atomic mass is 9.98. The summed E-state index contributed by atoms with van der Waals surface area (Å²) in [5, 5.41) is 71.3. The first kappa shape index (κ1) is 49.3. The summed E-state index contributed by atoms with van der Waals surface area (Å²) in [6.45, 7) is 3.71. The second-order valence-electron chi connectivity index (χ2n) is 15.9. The molecule has 6 N–H and O–H groups in total. The first-order valence-corrected chi connectivity index (χ1v) is 22.2. The summed E-state index contributed by atoms with van der Waals surface area (Å²) in [5.41, 5.74) is 1.77. The zero-order chi connectivity index (χ0) is 40.9. The molecule has 13 heteroatoms. The Hall–Kier alpha value is -2.04. The highest BCUT2D eigenvalue weighted by molar-refractivity contribution is 5.13. The molecule has 1 aromatic carbocycles. The molecule has 1 aliphatic rings. The molecule has 0 amide bonds. The van der Waals surface area contributed by atoms with Crippen LogP contribution < -0.4 is 0 Å². The molecule has 1 aliphatic heterocycles. The molecule has 2 heterocycles. The van der Waals surface area contributed by atoms with Crippen molar-refractivity contribution in [3.8, 4) is 0 Å². The molecule has 0 bridgehead atoms. The number of aliphatic hydroxyl groups is 6. The number of ether oxygens (including phenoxy) is 4. The average Bonchev–Trinajstić information content (AvgIpc) is 3.70. The Morgan fingerprint density at radius 3 is 1.81 bits per heavy atom. The smallest absolute Gasteiger partial charge is 0.186 e. The van der Waals surface area contributed by atoms with Gasteiger partial charge in [0.2, 0.25) is 0 Å². The third-order valence-corrected chi connectivity index (χ3v) is 11.0. The monoisotopic (exact) mass is 808 g/mol. The Morgan fingerprint density at radius 2 is 1.23 bits per heavy atom. The van der Waals surface area contributed by atoms with Crippen LogP contribution in [0.5, 0.6) is 0 Å². The standard InChI is InChI=1S/C44H77N3O10/c1-2-3-4-5-6-7-8-9-10-13-16-22-27-38(49)40(50)37(34-56-44-43(53)42(52)41(51)39(31-48)57-44)47-30-36(45-46-47)33-55-29-24-18-15-12-11-14-17-23-28-54-32-35-25-20-19-21-26-35/h19-21,25-26,30,37-44,48-53H,2-18,22-24,27-29,31-34H2,1H3/t37-,38+,39+,40-,41-,42-,43+,44-/m0/s1. The van der Waals surface area contributed by atoms with Gasteiger partial charge in [0.1, 0.15) is 42.3 Å². The van der Waals surface area contributed by atoms with Gasteiger partial charge in [0.05, 0.1) is 38.7 Å². The van der Waals surface area contributed by atoms with Gasteiger partial charge in [0, 0.05) is 13.2 Å². The van der Waals surface area contributed by atoms with Gasteiger partial charge in [-0.2, -0.15) is 0 Å². The Morgan fingerprint density at radius 1 is 0.684 bits per heavy atom. The molecule has 8 atom stereocenters. The molecule has 3 rings (SSSR count). The topological polar surface area (TPSA) is 189 Å². The maximum atomic E-state index is 11.4. The third kappa shape index (κ3) is 20.2. The Balaban J connectivity index is 1.35. The van der Waals surface area contributed by atoms with Crippen molar-refractivity contribution in [2.24, 2.45) is 0 Å². The number of aromatic nitrogens is 3. The number of rotatable bonds is 35. The van der Waals surface area contributed by atoms with Crippen molar-refractivity contribution in [2.75, 3.05) is 26.4 Å². The fraction of sp³-hybridized carbons (Fsp3) is 0.818. The van der Waals surface area contributed by atoms with Crippen molar-refractivity contribution in [1.29, 1.82) is 0 Å². The fourth-order valence-corrected chi connectivity index (χ4v) is 7.30. The van der Waals surface area contributed by atoms with E-state index in [1.165, 1.54) is 100 Å². The van der Waals surface area contributed by atoms with Crippen LogP contribution in [-0.2, 0) is 32.2 Å². The molecule has 57 heavy (non-hydrogen) atoms. The predicted octanol–water partition coefficient (Wildman–Crippen LogP) is 6.30. The maximum absolute atomic E-state index is 11.4. The lowest BCUT2D eigenvalue weighted by Crippen LogP contribution is -2.59. The molecule has 0 unspecified atom stereocenters. The molecule has 0 radical (unpaired) electrons. The Labute approximate surface area is 342 Å². The van der Waals surface area contributed by atoms with E-state index in [1.807, 2.05) is 18.2 Å². The van der Waals surface area contributed by atoms with E-state index in [0.29, 0.717) is 25.3 Å². The van der Waals surface area contributed by atoms with Gasteiger partial charge in [-0.05, 0) is 24.8 Å². The molecule has 1 saturated heterocycles. The summed E-state index contributed by atoms with van der Waals surface area (Å²) < 4.78 is 24.4. The maximum Gasteiger partial charge on any atom is 0.186 e. The summed E-state index contributed by atoms with van der Waals surface area (Å²) in [6, 6.07) is 9.35. The second-order valence-corrected chi connectivity index (χ2v) is 15.9. The van der Waals surface area contributed by atoms with Crippen molar-refractivity contribution >= 4 is 0 Å². The summed E-state index contributed by atoms with van der Waals surface area (Å²) in [4.78, 5) is 0. The highest BCUT2D eigenvalue weighted by atomic mass is 16.7. The Bertz CT molecular complexity index is 1220. The molecule has 328 valence electrons. The van der Waals surface area contributed by atoms with Gasteiger partial charge in [-0.25, -0.2) is 4.68 Å². The number of unbranched alkanes of at least 4 members (excludes halogenated alkanes) is 18. The molecule has 0 spiro atoms.